The normalized spacial score (nSPS) is 11.8. The van der Waals surface area contributed by atoms with Gasteiger partial charge in [0.1, 0.15) is 11.3 Å². The van der Waals surface area contributed by atoms with Gasteiger partial charge in [-0.2, -0.15) is 0 Å². The third-order valence-electron chi connectivity index (χ3n) is 4.30. The molecule has 1 aromatic heterocycles. The minimum Gasteiger partial charge on any atom is -0.456 e. The second-order valence-electron chi connectivity index (χ2n) is 5.99. The average molecular weight is 325 g/mol. The molecule has 2 nitrogen and oxygen atoms in total. The summed E-state index contributed by atoms with van der Waals surface area (Å²) in [5.41, 5.74) is 4.16. The standard InChI is InChI=1S/C23H19NO/c1-2-17-12-14-19(15-13-17)24-21-16-23(18-8-4-3-5-9-18)25-22-11-7-6-10-20(21)22/h3-16H,2H2,1H3. The number of hydrogen-bond acceptors (Lipinski definition) is 2. The summed E-state index contributed by atoms with van der Waals surface area (Å²) in [5.74, 6) is 0.822. The van der Waals surface area contributed by atoms with Crippen molar-refractivity contribution in [2.24, 2.45) is 4.99 Å². The van der Waals surface area contributed by atoms with E-state index >= 15 is 0 Å². The molecule has 4 aromatic rings. The van der Waals surface area contributed by atoms with E-state index in [0.717, 1.165) is 39.8 Å². The molecule has 1 heterocycles. The van der Waals surface area contributed by atoms with Gasteiger partial charge in [-0.1, -0.05) is 61.5 Å². The molecule has 0 fully saturated rings. The molecule has 0 atom stereocenters. The van der Waals surface area contributed by atoms with Gasteiger partial charge >= 0.3 is 0 Å². The van der Waals surface area contributed by atoms with E-state index in [0.29, 0.717) is 0 Å². The first kappa shape index (κ1) is 15.4. The summed E-state index contributed by atoms with van der Waals surface area (Å²) < 4.78 is 6.10. The maximum absolute atomic E-state index is 6.10. The molecule has 0 radical (unpaired) electrons. The molecule has 0 unspecified atom stereocenters. The molecule has 122 valence electrons. The first-order chi connectivity index (χ1) is 12.3. The van der Waals surface area contributed by atoms with Crippen LogP contribution in [-0.4, -0.2) is 0 Å². The van der Waals surface area contributed by atoms with Crippen molar-refractivity contribution in [2.75, 3.05) is 0 Å². The molecule has 0 bridgehead atoms. The fourth-order valence-corrected chi connectivity index (χ4v) is 2.90. The highest BCUT2D eigenvalue weighted by Gasteiger charge is 2.05. The van der Waals surface area contributed by atoms with Crippen molar-refractivity contribution < 1.29 is 4.42 Å². The van der Waals surface area contributed by atoms with Gasteiger partial charge in [0.2, 0.25) is 0 Å². The Bertz CT molecular complexity index is 1060. The lowest BCUT2D eigenvalue weighted by molar-refractivity contribution is 0.618. The van der Waals surface area contributed by atoms with Crippen LogP contribution in [0.15, 0.2) is 94.3 Å². The van der Waals surface area contributed by atoms with Gasteiger partial charge in [-0.25, -0.2) is 4.99 Å². The Labute approximate surface area is 147 Å². The van der Waals surface area contributed by atoms with Crippen LogP contribution in [0.4, 0.5) is 5.69 Å². The van der Waals surface area contributed by atoms with E-state index in [9.17, 15) is 0 Å². The Balaban J connectivity index is 1.93. The largest absolute Gasteiger partial charge is 0.456 e. The Morgan fingerprint density at radius 3 is 2.28 bits per heavy atom. The Kier molecular flexibility index (Phi) is 4.17. The number of hydrogen-bond donors (Lipinski definition) is 0. The van der Waals surface area contributed by atoms with Crippen LogP contribution in [0.2, 0.25) is 0 Å². The van der Waals surface area contributed by atoms with Crippen molar-refractivity contribution >= 4 is 16.7 Å². The molecule has 0 saturated carbocycles. The van der Waals surface area contributed by atoms with Crippen molar-refractivity contribution in [2.45, 2.75) is 13.3 Å². The number of aryl methyl sites for hydroxylation is 1. The minimum absolute atomic E-state index is 0.822. The van der Waals surface area contributed by atoms with Gasteiger partial charge in [0.15, 0.2) is 0 Å². The van der Waals surface area contributed by atoms with E-state index in [2.05, 4.69) is 31.2 Å². The van der Waals surface area contributed by atoms with Crippen LogP contribution < -0.4 is 5.36 Å². The molecule has 2 heteroatoms. The number of para-hydroxylation sites is 1. The van der Waals surface area contributed by atoms with Crippen LogP contribution >= 0.6 is 0 Å². The average Bonchev–Trinajstić information content (AvgIpc) is 2.69. The molecule has 4 rings (SSSR count). The van der Waals surface area contributed by atoms with Crippen LogP contribution in [0.3, 0.4) is 0 Å². The topological polar surface area (TPSA) is 25.5 Å². The molecular weight excluding hydrogens is 306 g/mol. The smallest absolute Gasteiger partial charge is 0.136 e. The van der Waals surface area contributed by atoms with Gasteiger partial charge in [0, 0.05) is 17.0 Å². The zero-order chi connectivity index (χ0) is 17.1. The summed E-state index contributed by atoms with van der Waals surface area (Å²) in [6.07, 6.45) is 1.03. The lowest BCUT2D eigenvalue weighted by atomic mass is 10.1. The summed E-state index contributed by atoms with van der Waals surface area (Å²) in [5, 5.41) is 1.94. The van der Waals surface area contributed by atoms with E-state index < -0.39 is 0 Å². The van der Waals surface area contributed by atoms with E-state index in [1.54, 1.807) is 0 Å². The molecule has 0 N–H and O–H groups in total. The third-order valence-corrected chi connectivity index (χ3v) is 4.30. The summed E-state index contributed by atoms with van der Waals surface area (Å²) in [7, 11) is 0. The lowest BCUT2D eigenvalue weighted by Crippen LogP contribution is -2.03. The van der Waals surface area contributed by atoms with Crippen molar-refractivity contribution in [3.05, 3.63) is 95.8 Å². The second-order valence-corrected chi connectivity index (χ2v) is 5.99. The fourth-order valence-electron chi connectivity index (χ4n) is 2.90. The number of benzene rings is 3. The molecule has 0 aliphatic heterocycles. The predicted octanol–water partition coefficient (Wildman–Crippen LogP) is 5.89. The van der Waals surface area contributed by atoms with Crippen LogP contribution in [-0.2, 0) is 6.42 Å². The summed E-state index contributed by atoms with van der Waals surface area (Å²) in [6.45, 7) is 2.16. The van der Waals surface area contributed by atoms with Crippen molar-refractivity contribution in [3.8, 4) is 11.3 Å². The first-order valence-electron chi connectivity index (χ1n) is 8.55. The Hall–Kier alpha value is -3.13. The highest BCUT2D eigenvalue weighted by Crippen LogP contribution is 2.22. The molecule has 0 aliphatic rings. The van der Waals surface area contributed by atoms with Gasteiger partial charge in [-0.3, -0.25) is 0 Å². The second kappa shape index (κ2) is 6.78. The van der Waals surface area contributed by atoms with Gasteiger partial charge in [0.25, 0.3) is 0 Å². The van der Waals surface area contributed by atoms with Crippen molar-refractivity contribution in [1.82, 2.24) is 0 Å². The van der Waals surface area contributed by atoms with Crippen molar-refractivity contribution in [3.63, 3.8) is 0 Å². The van der Waals surface area contributed by atoms with Gasteiger partial charge in [-0.05, 0) is 36.2 Å². The minimum atomic E-state index is 0.822. The van der Waals surface area contributed by atoms with Crippen LogP contribution in [0.25, 0.3) is 22.3 Å². The monoisotopic (exact) mass is 325 g/mol. The van der Waals surface area contributed by atoms with Crippen LogP contribution in [0, 0.1) is 0 Å². The van der Waals surface area contributed by atoms with E-state index in [4.69, 9.17) is 9.41 Å². The molecule has 0 amide bonds. The molecule has 0 saturated heterocycles. The van der Waals surface area contributed by atoms with E-state index in [1.807, 2.05) is 60.7 Å². The predicted molar refractivity (Wildman–Crippen MR) is 103 cm³/mol. The zero-order valence-corrected chi connectivity index (χ0v) is 14.1. The van der Waals surface area contributed by atoms with Gasteiger partial charge in [0.05, 0.1) is 11.0 Å². The van der Waals surface area contributed by atoms with Crippen LogP contribution in [0.1, 0.15) is 12.5 Å². The molecule has 0 aliphatic carbocycles. The van der Waals surface area contributed by atoms with E-state index in [-0.39, 0.29) is 0 Å². The highest BCUT2D eigenvalue weighted by atomic mass is 16.3. The summed E-state index contributed by atoms with van der Waals surface area (Å²) in [6, 6.07) is 28.6. The van der Waals surface area contributed by atoms with Gasteiger partial charge < -0.3 is 4.42 Å². The number of fused-ring (bicyclic) bond motifs is 1. The Morgan fingerprint density at radius 1 is 0.800 bits per heavy atom. The number of rotatable bonds is 3. The molecular formula is C23H19NO. The number of nitrogens with zero attached hydrogens (tertiary/aromatic N) is 1. The molecule has 25 heavy (non-hydrogen) atoms. The maximum Gasteiger partial charge on any atom is 0.136 e. The van der Waals surface area contributed by atoms with Crippen LogP contribution in [0.5, 0.6) is 0 Å². The quantitative estimate of drug-likeness (QED) is 0.461. The Morgan fingerprint density at radius 2 is 1.52 bits per heavy atom. The van der Waals surface area contributed by atoms with Gasteiger partial charge in [-0.15, -0.1) is 0 Å². The lowest BCUT2D eigenvalue weighted by Gasteiger charge is -2.05. The summed E-state index contributed by atoms with van der Waals surface area (Å²) >= 11 is 0. The summed E-state index contributed by atoms with van der Waals surface area (Å²) in [4.78, 5) is 4.87. The van der Waals surface area contributed by atoms with Crippen molar-refractivity contribution in [1.29, 1.82) is 0 Å². The SMILES string of the molecule is CCc1ccc(N=c2cc(-c3ccccc3)oc3ccccc23)cc1. The first-order valence-corrected chi connectivity index (χ1v) is 8.55. The molecule has 0 spiro atoms. The van der Waals surface area contributed by atoms with E-state index in [1.165, 1.54) is 5.56 Å². The fraction of sp³-hybridized carbons (Fsp3) is 0.0870. The molecule has 3 aromatic carbocycles. The maximum atomic E-state index is 6.10. The highest BCUT2D eigenvalue weighted by molar-refractivity contribution is 5.78. The zero-order valence-electron chi connectivity index (χ0n) is 14.1. The third kappa shape index (κ3) is 3.24.